The maximum Gasteiger partial charge on any atom is 0.414 e. The number of ether oxygens (including phenoxy) is 1. The van der Waals surface area contributed by atoms with E-state index in [2.05, 4.69) is 5.32 Å². The van der Waals surface area contributed by atoms with Crippen molar-refractivity contribution in [2.24, 2.45) is 0 Å². The van der Waals surface area contributed by atoms with E-state index in [-0.39, 0.29) is 36.4 Å². The number of alkyl carbamates (subject to hydrolysis) is 1. The molecule has 9 heteroatoms. The molecule has 0 aliphatic carbocycles. The lowest BCUT2D eigenvalue weighted by atomic mass is 10.1. The Morgan fingerprint density at radius 3 is 2.19 bits per heavy atom. The summed E-state index contributed by atoms with van der Waals surface area (Å²) in [5, 5.41) is 2.65. The van der Waals surface area contributed by atoms with Crippen LogP contribution in [0.25, 0.3) is 0 Å². The number of hydrogen-bond donors (Lipinski definition) is 2. The molecule has 1 heterocycles. The summed E-state index contributed by atoms with van der Waals surface area (Å²) in [7, 11) is -4.18. The van der Waals surface area contributed by atoms with Crippen LogP contribution in [-0.4, -0.2) is 44.1 Å². The van der Waals surface area contributed by atoms with Crippen LogP contribution in [0.5, 0.6) is 0 Å². The molecule has 1 aromatic carbocycles. The first kappa shape index (κ1) is 20.3. The fourth-order valence-corrected chi connectivity index (χ4v) is 4.19. The number of alkyl halides is 1. The molecule has 144 valence electrons. The molecule has 0 radical (unpaired) electrons. The third-order valence-electron chi connectivity index (χ3n) is 3.87. The number of piperidine rings is 1. The Bertz CT molecular complexity index is 778. The molecule has 2 rings (SSSR count). The molecule has 1 aliphatic heterocycles. The minimum absolute atomic E-state index is 0.0630. The molecule has 1 saturated heterocycles. The smallest absolute Gasteiger partial charge is 0.414 e. The Balaban J connectivity index is 2.12. The van der Waals surface area contributed by atoms with Gasteiger partial charge in [0, 0.05) is 18.4 Å². The molecule has 1 fully saturated rings. The topological polar surface area (TPSA) is 102 Å². The van der Waals surface area contributed by atoms with Crippen molar-refractivity contribution in [2.75, 3.05) is 13.1 Å². The summed E-state index contributed by atoms with van der Waals surface area (Å²) in [6.07, 6.45) is -1.16. The van der Waals surface area contributed by atoms with Gasteiger partial charge in [-0.3, -0.25) is 10.1 Å². The normalized spacial score (nSPS) is 17.4. The number of sulfone groups is 1. The summed E-state index contributed by atoms with van der Waals surface area (Å²) in [4.78, 5) is 23.4. The third-order valence-corrected chi connectivity index (χ3v) is 6.14. The molecule has 1 aromatic rings. The van der Waals surface area contributed by atoms with Gasteiger partial charge in [0.15, 0.2) is 0 Å². The van der Waals surface area contributed by atoms with Crippen molar-refractivity contribution in [1.82, 2.24) is 10.6 Å². The molecular formula is C17H23FN2O5S. The number of halogens is 1. The average Bonchev–Trinajstić information content (AvgIpc) is 2.53. The zero-order valence-electron chi connectivity index (χ0n) is 15.0. The van der Waals surface area contributed by atoms with Gasteiger partial charge in [0.2, 0.25) is 14.8 Å². The fourth-order valence-electron chi connectivity index (χ4n) is 2.53. The summed E-state index contributed by atoms with van der Waals surface area (Å²) < 4.78 is 44.9. The number of rotatable bonds is 3. The van der Waals surface area contributed by atoms with Gasteiger partial charge in [-0.1, -0.05) is 0 Å². The van der Waals surface area contributed by atoms with Crippen LogP contribution in [0.2, 0.25) is 0 Å². The molecule has 0 saturated carbocycles. The molecule has 2 N–H and O–H groups in total. The first-order valence-electron chi connectivity index (χ1n) is 8.23. The Hall–Kier alpha value is -2.00. The van der Waals surface area contributed by atoms with Gasteiger partial charge in [-0.15, -0.1) is 0 Å². The third kappa shape index (κ3) is 4.59. The van der Waals surface area contributed by atoms with Crippen molar-refractivity contribution in [1.29, 1.82) is 0 Å². The maximum absolute atomic E-state index is 14.9. The summed E-state index contributed by atoms with van der Waals surface area (Å²) in [6.45, 7) is 5.54. The van der Waals surface area contributed by atoms with Crippen molar-refractivity contribution in [3.63, 3.8) is 0 Å². The predicted octanol–water partition coefficient (Wildman–Crippen LogP) is 2.17. The second kappa shape index (κ2) is 7.32. The van der Waals surface area contributed by atoms with Crippen LogP contribution in [0.3, 0.4) is 0 Å². The number of imide groups is 1. The molecule has 1 aliphatic rings. The van der Waals surface area contributed by atoms with E-state index in [1.165, 1.54) is 24.3 Å². The van der Waals surface area contributed by atoms with Gasteiger partial charge in [0.1, 0.15) is 5.60 Å². The highest BCUT2D eigenvalue weighted by molar-refractivity contribution is 7.92. The largest absolute Gasteiger partial charge is 0.444 e. The fraction of sp³-hybridized carbons (Fsp3) is 0.529. The van der Waals surface area contributed by atoms with E-state index in [4.69, 9.17) is 4.74 Å². The first-order chi connectivity index (χ1) is 11.9. The molecular weight excluding hydrogens is 363 g/mol. The highest BCUT2D eigenvalue weighted by atomic mass is 32.2. The molecule has 26 heavy (non-hydrogen) atoms. The monoisotopic (exact) mass is 386 g/mol. The lowest BCUT2D eigenvalue weighted by Crippen LogP contribution is -2.44. The summed E-state index contributed by atoms with van der Waals surface area (Å²) in [5.74, 6) is -0.736. The molecule has 0 spiro atoms. The number of amides is 2. The van der Waals surface area contributed by atoms with Crippen molar-refractivity contribution < 1.29 is 27.1 Å². The van der Waals surface area contributed by atoms with E-state index in [0.717, 1.165) is 0 Å². The quantitative estimate of drug-likeness (QED) is 0.826. The van der Waals surface area contributed by atoms with Crippen molar-refractivity contribution in [2.45, 2.75) is 49.1 Å². The van der Waals surface area contributed by atoms with Gasteiger partial charge in [0.05, 0.1) is 4.90 Å². The highest BCUT2D eigenvalue weighted by Crippen LogP contribution is 2.34. The number of carbonyl (C=O) groups excluding carboxylic acids is 2. The van der Waals surface area contributed by atoms with Crippen molar-refractivity contribution in [3.05, 3.63) is 29.8 Å². The second-order valence-electron chi connectivity index (χ2n) is 7.12. The summed E-state index contributed by atoms with van der Waals surface area (Å²) in [5.41, 5.74) is -0.694. The first-order valence-corrected chi connectivity index (χ1v) is 9.72. The van der Waals surface area contributed by atoms with Gasteiger partial charge in [-0.25, -0.2) is 17.6 Å². The van der Waals surface area contributed by atoms with Gasteiger partial charge < -0.3 is 10.1 Å². The highest BCUT2D eigenvalue weighted by Gasteiger charge is 2.45. The summed E-state index contributed by atoms with van der Waals surface area (Å²) in [6, 6.07) is 4.81. The zero-order valence-corrected chi connectivity index (χ0v) is 15.8. The van der Waals surface area contributed by atoms with Crippen LogP contribution in [-0.2, 0) is 14.6 Å². The van der Waals surface area contributed by atoms with Crippen LogP contribution in [0.1, 0.15) is 44.0 Å². The molecule has 2 amide bonds. The van der Waals surface area contributed by atoms with E-state index < -0.39 is 32.4 Å². The number of hydrogen-bond acceptors (Lipinski definition) is 6. The molecule has 0 unspecified atom stereocenters. The van der Waals surface area contributed by atoms with Crippen LogP contribution >= 0.6 is 0 Å². The van der Waals surface area contributed by atoms with Gasteiger partial charge in [0.25, 0.3) is 5.91 Å². The van der Waals surface area contributed by atoms with Crippen LogP contribution < -0.4 is 10.6 Å². The maximum atomic E-state index is 14.9. The van der Waals surface area contributed by atoms with E-state index in [1.807, 2.05) is 5.32 Å². The molecule has 0 aromatic heterocycles. The van der Waals surface area contributed by atoms with Crippen LogP contribution in [0.4, 0.5) is 9.18 Å². The second-order valence-corrected chi connectivity index (χ2v) is 9.33. The number of carbonyl (C=O) groups is 2. The Kier molecular flexibility index (Phi) is 5.72. The molecule has 7 nitrogen and oxygen atoms in total. The average molecular weight is 386 g/mol. The number of nitrogens with one attached hydrogen (secondary N) is 2. The standard InChI is InChI=1S/C17H23FN2O5S/c1-16(2,3)25-15(22)20-14(21)12-4-6-13(7-5-12)26(23,24)17(18)8-10-19-11-9-17/h4-7,19H,8-11H2,1-3H3,(H,20,21,22). The van der Waals surface area contributed by atoms with E-state index in [0.29, 0.717) is 0 Å². The number of benzene rings is 1. The minimum atomic E-state index is -4.18. The zero-order chi connectivity index (χ0) is 19.6. The predicted molar refractivity (Wildman–Crippen MR) is 93.3 cm³/mol. The Labute approximate surface area is 152 Å². The van der Waals surface area contributed by atoms with Gasteiger partial charge in [-0.2, -0.15) is 0 Å². The van der Waals surface area contributed by atoms with E-state index in [9.17, 15) is 22.4 Å². The van der Waals surface area contributed by atoms with E-state index in [1.54, 1.807) is 20.8 Å². The van der Waals surface area contributed by atoms with Crippen molar-refractivity contribution in [3.8, 4) is 0 Å². The molecule has 0 bridgehead atoms. The SMILES string of the molecule is CC(C)(C)OC(=O)NC(=O)c1ccc(S(=O)(=O)C2(F)CCNCC2)cc1. The van der Waals surface area contributed by atoms with Crippen LogP contribution in [0.15, 0.2) is 29.2 Å². The minimum Gasteiger partial charge on any atom is -0.444 e. The van der Waals surface area contributed by atoms with Crippen molar-refractivity contribution >= 4 is 21.8 Å². The Morgan fingerprint density at radius 1 is 1.15 bits per heavy atom. The van der Waals surface area contributed by atoms with E-state index >= 15 is 0 Å². The van der Waals surface area contributed by atoms with Crippen LogP contribution in [0, 0.1) is 0 Å². The lowest BCUT2D eigenvalue weighted by molar-refractivity contribution is 0.0508. The lowest BCUT2D eigenvalue weighted by Gasteiger charge is -2.29. The van der Waals surface area contributed by atoms with Gasteiger partial charge in [-0.05, 0) is 58.1 Å². The molecule has 0 atom stereocenters. The summed E-state index contributed by atoms with van der Waals surface area (Å²) >= 11 is 0. The van der Waals surface area contributed by atoms with Gasteiger partial charge >= 0.3 is 6.09 Å². The Morgan fingerprint density at radius 2 is 1.69 bits per heavy atom.